The molecule has 0 heterocycles. The molecule has 0 aliphatic heterocycles. The summed E-state index contributed by atoms with van der Waals surface area (Å²) in [7, 11) is 0. The fourth-order valence-corrected chi connectivity index (χ4v) is 3.84. The summed E-state index contributed by atoms with van der Waals surface area (Å²) in [5.41, 5.74) is 2.55. The Morgan fingerprint density at radius 2 is 1.58 bits per heavy atom. The number of hydrogen-bond acceptors (Lipinski definition) is 1. The maximum Gasteiger partial charge on any atom is 0.132 e. The molecule has 0 N–H and O–H groups in total. The van der Waals surface area contributed by atoms with Crippen LogP contribution >= 0.6 is 0 Å². The van der Waals surface area contributed by atoms with Gasteiger partial charge in [-0.05, 0) is 62.3 Å². The summed E-state index contributed by atoms with van der Waals surface area (Å²) in [6.45, 7) is 7.59. The molecule has 0 aromatic heterocycles. The molecule has 146 valence electrons. The molecule has 1 fully saturated rings. The van der Waals surface area contributed by atoms with Crippen molar-refractivity contribution in [1.82, 2.24) is 0 Å². The van der Waals surface area contributed by atoms with Gasteiger partial charge in [-0.3, -0.25) is 4.79 Å². The quantitative estimate of drug-likeness (QED) is 0.389. The first-order chi connectivity index (χ1) is 11.7. The van der Waals surface area contributed by atoms with E-state index in [1.54, 1.807) is 6.08 Å². The van der Waals surface area contributed by atoms with Crippen LogP contribution in [0.1, 0.15) is 90.5 Å². The standard InChI is InChI=1S/C23H32O.2CH4/c1-3-19(2)9-7-13-23(24)14-8-10-20-15-17-22(18-16-20)21-11-5-4-6-12-21;;/h3-6,11-12,20,22H,1-2,7-10,13-18H2;2*1H4. The Balaban J connectivity index is 0.00000312. The van der Waals surface area contributed by atoms with E-state index < -0.39 is 0 Å². The monoisotopic (exact) mass is 356 g/mol. The van der Waals surface area contributed by atoms with Gasteiger partial charge in [-0.2, -0.15) is 0 Å². The van der Waals surface area contributed by atoms with Gasteiger partial charge < -0.3 is 0 Å². The third-order valence-corrected chi connectivity index (χ3v) is 5.43. The van der Waals surface area contributed by atoms with Crippen LogP contribution in [0.4, 0.5) is 0 Å². The van der Waals surface area contributed by atoms with Crippen molar-refractivity contribution in [3.63, 3.8) is 0 Å². The number of hydrogen-bond donors (Lipinski definition) is 0. The van der Waals surface area contributed by atoms with Crippen molar-refractivity contribution in [2.45, 2.75) is 85.0 Å². The summed E-state index contributed by atoms with van der Waals surface area (Å²) in [5, 5.41) is 0. The number of ketones is 1. The van der Waals surface area contributed by atoms with Gasteiger partial charge in [0.05, 0.1) is 0 Å². The molecule has 1 aliphatic carbocycles. The van der Waals surface area contributed by atoms with Gasteiger partial charge in [0.25, 0.3) is 0 Å². The molecule has 1 saturated carbocycles. The Bertz CT molecular complexity index is 520. The lowest BCUT2D eigenvalue weighted by atomic mass is 9.77. The van der Waals surface area contributed by atoms with Crippen molar-refractivity contribution in [2.24, 2.45) is 5.92 Å². The fourth-order valence-electron chi connectivity index (χ4n) is 3.84. The van der Waals surface area contributed by atoms with E-state index in [9.17, 15) is 4.79 Å². The van der Waals surface area contributed by atoms with Crippen LogP contribution < -0.4 is 0 Å². The van der Waals surface area contributed by atoms with E-state index in [2.05, 4.69) is 43.5 Å². The van der Waals surface area contributed by atoms with E-state index in [1.807, 2.05) is 0 Å². The Kier molecular flexibility index (Phi) is 12.7. The molecule has 0 atom stereocenters. The van der Waals surface area contributed by atoms with Crippen molar-refractivity contribution >= 4 is 5.78 Å². The van der Waals surface area contributed by atoms with Crippen molar-refractivity contribution < 1.29 is 4.79 Å². The Hall–Kier alpha value is -1.63. The Morgan fingerprint density at radius 1 is 0.962 bits per heavy atom. The van der Waals surface area contributed by atoms with Gasteiger partial charge in [0, 0.05) is 12.8 Å². The number of carbonyl (C=O) groups excluding carboxylic acids is 1. The van der Waals surface area contributed by atoms with Crippen molar-refractivity contribution in [3.05, 3.63) is 60.7 Å². The molecule has 1 aromatic carbocycles. The molecular weight excluding hydrogens is 316 g/mol. The highest BCUT2D eigenvalue weighted by atomic mass is 16.1. The van der Waals surface area contributed by atoms with Gasteiger partial charge in [0.15, 0.2) is 0 Å². The molecule has 1 aromatic rings. The first-order valence-corrected chi connectivity index (χ1v) is 9.56. The van der Waals surface area contributed by atoms with Crippen molar-refractivity contribution in [3.8, 4) is 0 Å². The minimum Gasteiger partial charge on any atom is -0.300 e. The number of allylic oxidation sites excluding steroid dienone is 2. The summed E-state index contributed by atoms with van der Waals surface area (Å²) in [4.78, 5) is 11.9. The average Bonchev–Trinajstić information content (AvgIpc) is 2.63. The molecule has 0 unspecified atom stereocenters. The lowest BCUT2D eigenvalue weighted by Gasteiger charge is -2.28. The normalized spacial score (nSPS) is 18.9. The molecule has 1 heteroatoms. The van der Waals surface area contributed by atoms with E-state index in [1.165, 1.54) is 37.7 Å². The highest BCUT2D eigenvalue weighted by Crippen LogP contribution is 2.37. The van der Waals surface area contributed by atoms with E-state index in [0.717, 1.165) is 43.1 Å². The lowest BCUT2D eigenvalue weighted by molar-refractivity contribution is -0.119. The van der Waals surface area contributed by atoms with Gasteiger partial charge in [-0.1, -0.05) is 76.4 Å². The predicted molar refractivity (Wildman–Crippen MR) is 117 cm³/mol. The van der Waals surface area contributed by atoms with Gasteiger partial charge in [-0.15, -0.1) is 0 Å². The number of carbonyl (C=O) groups is 1. The second-order valence-electron chi connectivity index (χ2n) is 7.28. The van der Waals surface area contributed by atoms with Gasteiger partial charge in [-0.25, -0.2) is 0 Å². The molecule has 0 saturated heterocycles. The van der Waals surface area contributed by atoms with Crippen molar-refractivity contribution in [1.29, 1.82) is 0 Å². The zero-order valence-electron chi connectivity index (χ0n) is 15.0. The minimum atomic E-state index is 0. The van der Waals surface area contributed by atoms with E-state index >= 15 is 0 Å². The smallest absolute Gasteiger partial charge is 0.132 e. The topological polar surface area (TPSA) is 17.1 Å². The first kappa shape index (κ1) is 24.4. The number of rotatable bonds is 10. The largest absolute Gasteiger partial charge is 0.300 e. The summed E-state index contributed by atoms with van der Waals surface area (Å²) < 4.78 is 0. The van der Waals surface area contributed by atoms with Crippen LogP contribution in [-0.2, 0) is 4.79 Å². The fraction of sp³-hybridized carbons (Fsp3) is 0.560. The van der Waals surface area contributed by atoms with Crippen LogP contribution in [0.15, 0.2) is 55.1 Å². The van der Waals surface area contributed by atoms with E-state index in [0.29, 0.717) is 12.2 Å². The lowest BCUT2D eigenvalue weighted by Crippen LogP contribution is -2.13. The minimum absolute atomic E-state index is 0. The third-order valence-electron chi connectivity index (χ3n) is 5.43. The highest BCUT2D eigenvalue weighted by Gasteiger charge is 2.22. The zero-order valence-corrected chi connectivity index (χ0v) is 15.0. The zero-order chi connectivity index (χ0) is 17.2. The second-order valence-corrected chi connectivity index (χ2v) is 7.28. The maximum atomic E-state index is 11.9. The van der Waals surface area contributed by atoms with Gasteiger partial charge in [0.2, 0.25) is 0 Å². The molecule has 0 radical (unpaired) electrons. The van der Waals surface area contributed by atoms with Crippen LogP contribution in [0.2, 0.25) is 0 Å². The van der Waals surface area contributed by atoms with Crippen LogP contribution in [0.25, 0.3) is 0 Å². The van der Waals surface area contributed by atoms with E-state index in [4.69, 9.17) is 0 Å². The van der Waals surface area contributed by atoms with Gasteiger partial charge >= 0.3 is 0 Å². The average molecular weight is 357 g/mol. The molecule has 26 heavy (non-hydrogen) atoms. The first-order valence-electron chi connectivity index (χ1n) is 9.56. The Morgan fingerprint density at radius 3 is 2.19 bits per heavy atom. The predicted octanol–water partition coefficient (Wildman–Crippen LogP) is 7.88. The SMILES string of the molecule is C.C.C=CC(=C)CCCC(=O)CCCC1CCC(c2ccccc2)CC1. The molecular formula is C25H40O. The molecule has 1 nitrogen and oxygen atoms in total. The van der Waals surface area contributed by atoms with E-state index in [-0.39, 0.29) is 14.9 Å². The maximum absolute atomic E-state index is 11.9. The molecule has 0 amide bonds. The Labute approximate surface area is 162 Å². The highest BCUT2D eigenvalue weighted by molar-refractivity contribution is 5.78. The number of Topliss-reactive ketones (excluding diaryl/α,β-unsaturated/α-hetero) is 1. The second kappa shape index (κ2) is 13.6. The molecule has 2 rings (SSSR count). The molecule has 0 bridgehead atoms. The summed E-state index contributed by atoms with van der Waals surface area (Å²) in [6, 6.07) is 10.9. The van der Waals surface area contributed by atoms with Crippen LogP contribution in [0.3, 0.4) is 0 Å². The third kappa shape index (κ3) is 8.65. The summed E-state index contributed by atoms with van der Waals surface area (Å²) in [6.07, 6.45) is 12.7. The summed E-state index contributed by atoms with van der Waals surface area (Å²) in [5.74, 6) is 2.00. The van der Waals surface area contributed by atoms with Crippen molar-refractivity contribution in [2.75, 3.05) is 0 Å². The van der Waals surface area contributed by atoms with Crippen LogP contribution in [-0.4, -0.2) is 5.78 Å². The molecule has 0 spiro atoms. The van der Waals surface area contributed by atoms with Crippen LogP contribution in [0, 0.1) is 5.92 Å². The number of benzene rings is 1. The van der Waals surface area contributed by atoms with Gasteiger partial charge in [0.1, 0.15) is 5.78 Å². The van der Waals surface area contributed by atoms with Crippen LogP contribution in [0.5, 0.6) is 0 Å². The molecule has 1 aliphatic rings. The summed E-state index contributed by atoms with van der Waals surface area (Å²) >= 11 is 0.